The van der Waals surface area contributed by atoms with Crippen molar-refractivity contribution in [2.24, 2.45) is 0 Å². The summed E-state index contributed by atoms with van der Waals surface area (Å²) >= 11 is 0. The molecule has 10 heteroatoms. The van der Waals surface area contributed by atoms with E-state index in [9.17, 15) is 22.8 Å². The van der Waals surface area contributed by atoms with E-state index in [0.29, 0.717) is 18.7 Å². The highest BCUT2D eigenvalue weighted by Crippen LogP contribution is 2.32. The van der Waals surface area contributed by atoms with Crippen molar-refractivity contribution < 1.29 is 22.8 Å². The summed E-state index contributed by atoms with van der Waals surface area (Å²) in [5.74, 6) is 0.329. The van der Waals surface area contributed by atoms with Crippen molar-refractivity contribution in [2.75, 3.05) is 31.1 Å². The number of halogens is 3. The molecule has 1 aliphatic heterocycles. The molecule has 4 rings (SSSR count). The lowest BCUT2D eigenvalue weighted by molar-refractivity contribution is -0.138. The maximum atomic E-state index is 13.7. The van der Waals surface area contributed by atoms with Gasteiger partial charge in [-0.05, 0) is 41.7 Å². The van der Waals surface area contributed by atoms with Crippen LogP contribution in [0.25, 0.3) is 0 Å². The molecule has 0 N–H and O–H groups in total. The Morgan fingerprint density at radius 1 is 0.919 bits per heavy atom. The van der Waals surface area contributed by atoms with Crippen LogP contribution in [0.2, 0.25) is 0 Å². The highest BCUT2D eigenvalue weighted by atomic mass is 19.4. The summed E-state index contributed by atoms with van der Waals surface area (Å²) in [6.07, 6.45) is -1.12. The molecule has 2 heterocycles. The van der Waals surface area contributed by atoms with Gasteiger partial charge in [-0.3, -0.25) is 0 Å². The average Bonchev–Trinajstić information content (AvgIpc) is 2.89. The summed E-state index contributed by atoms with van der Waals surface area (Å²) in [4.78, 5) is 34.2. The smallest absolute Gasteiger partial charge is 0.369 e. The molecule has 0 atom stereocenters. The molecule has 2 aromatic carbocycles. The fourth-order valence-electron chi connectivity index (χ4n) is 4.54. The van der Waals surface area contributed by atoms with Crippen LogP contribution in [0.3, 0.4) is 0 Å². The summed E-state index contributed by atoms with van der Waals surface area (Å²) in [6, 6.07) is 15.1. The highest BCUT2D eigenvalue weighted by molar-refractivity contribution is 6.64. The number of carbonyl (C=O) groups is 2. The molecule has 0 amide bonds. The second kappa shape index (κ2) is 12.1. The van der Waals surface area contributed by atoms with Gasteiger partial charge in [-0.25, -0.2) is 9.97 Å². The van der Waals surface area contributed by atoms with Gasteiger partial charge < -0.3 is 19.3 Å². The van der Waals surface area contributed by atoms with E-state index in [1.807, 2.05) is 53.3 Å². The maximum absolute atomic E-state index is 13.7. The first-order valence-electron chi connectivity index (χ1n) is 12.2. The number of benzene rings is 2. The van der Waals surface area contributed by atoms with Crippen molar-refractivity contribution in [3.05, 3.63) is 88.5 Å². The highest BCUT2D eigenvalue weighted by Gasteiger charge is 2.34. The molecular weight excluding hydrogens is 480 g/mol. The summed E-state index contributed by atoms with van der Waals surface area (Å²) in [5, 5.41) is 0. The number of anilines is 1. The molecule has 0 unspecified atom stereocenters. The van der Waals surface area contributed by atoms with Gasteiger partial charge in [0.05, 0.1) is 17.4 Å². The van der Waals surface area contributed by atoms with Crippen molar-refractivity contribution in [2.45, 2.75) is 31.9 Å². The van der Waals surface area contributed by atoms with Crippen LogP contribution in [-0.4, -0.2) is 60.8 Å². The van der Waals surface area contributed by atoms with E-state index >= 15 is 0 Å². The van der Waals surface area contributed by atoms with E-state index in [0.717, 1.165) is 67.2 Å². The predicted octanol–water partition coefficient (Wildman–Crippen LogP) is 3.54. The molecule has 1 saturated heterocycles. The Labute approximate surface area is 214 Å². The summed E-state index contributed by atoms with van der Waals surface area (Å²) in [7, 11) is 1.56. The summed E-state index contributed by atoms with van der Waals surface area (Å²) in [5.41, 5.74) is 2.73. The fourth-order valence-corrected chi connectivity index (χ4v) is 4.54. The Morgan fingerprint density at radius 3 is 2.27 bits per heavy atom. The second-order valence-corrected chi connectivity index (χ2v) is 8.94. The zero-order valence-corrected chi connectivity index (χ0v) is 20.3. The monoisotopic (exact) mass is 507 g/mol. The third kappa shape index (κ3) is 7.04. The average molecular weight is 507 g/mol. The standard InChI is InChI=1S/C27H27BF3N4O2/c29-27(30,31)24-18-32-26(33-25(24)10-7-21-3-1-2-4-22(21)11-16-36)17-20-5-8-23(9-6-20)34-12-14-35(15-13-34)28-19-37/h1-6,8-9,16,18-19H,7,10-15,17H2. The van der Waals surface area contributed by atoms with Gasteiger partial charge in [0.1, 0.15) is 12.1 Å². The normalized spacial score (nSPS) is 14.4. The number of rotatable bonds is 10. The molecule has 37 heavy (non-hydrogen) atoms. The zero-order chi connectivity index (χ0) is 26.3. The molecular formula is C27H27BF3N4O2. The van der Waals surface area contributed by atoms with Crippen molar-refractivity contribution in [3.63, 3.8) is 0 Å². The number of carbonyl (C=O) groups excluding carboxylic acids is 2. The van der Waals surface area contributed by atoms with Crippen LogP contribution >= 0.6 is 0 Å². The molecule has 1 aromatic heterocycles. The van der Waals surface area contributed by atoms with E-state index < -0.39 is 11.7 Å². The van der Waals surface area contributed by atoms with Crippen molar-refractivity contribution in [1.82, 2.24) is 14.8 Å². The Balaban J connectivity index is 1.46. The number of piperazine rings is 1. The van der Waals surface area contributed by atoms with Crippen LogP contribution in [0.1, 0.15) is 33.8 Å². The van der Waals surface area contributed by atoms with Crippen LogP contribution in [0.15, 0.2) is 54.7 Å². The second-order valence-electron chi connectivity index (χ2n) is 8.94. The van der Waals surface area contributed by atoms with Gasteiger partial charge in [-0.2, -0.15) is 13.2 Å². The molecule has 0 aliphatic carbocycles. The first-order chi connectivity index (χ1) is 17.9. The van der Waals surface area contributed by atoms with Gasteiger partial charge in [0.15, 0.2) is 0 Å². The lowest BCUT2D eigenvalue weighted by Gasteiger charge is -2.35. The minimum atomic E-state index is -4.55. The van der Waals surface area contributed by atoms with Crippen LogP contribution in [0.4, 0.5) is 18.9 Å². The SMILES string of the molecule is O=C[B]N1CCN(c2ccc(Cc3ncc(C(F)(F)F)c(CCc4ccccc4CC=O)n3)cc2)CC1. The van der Waals surface area contributed by atoms with E-state index in [1.165, 1.54) is 0 Å². The van der Waals surface area contributed by atoms with E-state index in [4.69, 9.17) is 0 Å². The van der Waals surface area contributed by atoms with Crippen molar-refractivity contribution in [3.8, 4) is 0 Å². The predicted molar refractivity (Wildman–Crippen MR) is 136 cm³/mol. The number of aldehydes is 1. The summed E-state index contributed by atoms with van der Waals surface area (Å²) < 4.78 is 41.0. The lowest BCUT2D eigenvalue weighted by atomic mass is 9.93. The third-order valence-corrected chi connectivity index (χ3v) is 6.53. The van der Waals surface area contributed by atoms with Gasteiger partial charge in [0, 0.05) is 50.9 Å². The largest absolute Gasteiger partial charge is 0.419 e. The van der Waals surface area contributed by atoms with Gasteiger partial charge in [0.25, 0.3) is 7.41 Å². The number of aryl methyl sites for hydroxylation is 2. The molecule has 191 valence electrons. The number of hydrogen-bond acceptors (Lipinski definition) is 6. The van der Waals surface area contributed by atoms with Crippen LogP contribution in [-0.2, 0) is 41.4 Å². The molecule has 1 fully saturated rings. The van der Waals surface area contributed by atoms with Crippen LogP contribution in [0, 0.1) is 0 Å². The topological polar surface area (TPSA) is 66.4 Å². The number of alkyl halides is 3. The Kier molecular flexibility index (Phi) is 8.71. The van der Waals surface area contributed by atoms with Gasteiger partial charge in [-0.1, -0.05) is 36.4 Å². The molecule has 0 bridgehead atoms. The van der Waals surface area contributed by atoms with E-state index in [2.05, 4.69) is 14.9 Å². The Morgan fingerprint density at radius 2 is 1.62 bits per heavy atom. The van der Waals surface area contributed by atoms with Gasteiger partial charge >= 0.3 is 6.18 Å². The first kappa shape index (κ1) is 26.5. The third-order valence-electron chi connectivity index (χ3n) is 6.53. The molecule has 1 aliphatic rings. The van der Waals surface area contributed by atoms with E-state index in [1.54, 1.807) is 7.41 Å². The summed E-state index contributed by atoms with van der Waals surface area (Å²) in [6.45, 7) is 3.13. The number of nitrogens with zero attached hydrogens (tertiary/aromatic N) is 4. The van der Waals surface area contributed by atoms with Crippen molar-refractivity contribution in [1.29, 1.82) is 0 Å². The molecule has 0 spiro atoms. The van der Waals surface area contributed by atoms with Crippen molar-refractivity contribution >= 4 is 25.6 Å². The van der Waals surface area contributed by atoms with Crippen LogP contribution in [0.5, 0.6) is 0 Å². The Bertz CT molecular complexity index is 1210. The number of aromatic nitrogens is 2. The molecule has 6 nitrogen and oxygen atoms in total. The van der Waals surface area contributed by atoms with Gasteiger partial charge in [-0.15, -0.1) is 0 Å². The van der Waals surface area contributed by atoms with E-state index in [-0.39, 0.29) is 18.5 Å². The van der Waals surface area contributed by atoms with Gasteiger partial charge in [0.2, 0.25) is 0 Å². The lowest BCUT2D eigenvalue weighted by Crippen LogP contribution is -2.48. The minimum Gasteiger partial charge on any atom is -0.369 e. The molecule has 3 aromatic rings. The molecule has 1 radical (unpaired) electrons. The van der Waals surface area contributed by atoms with Crippen LogP contribution < -0.4 is 4.90 Å². The number of hydrogen-bond donors (Lipinski definition) is 0. The molecule has 0 saturated carbocycles. The Hall–Kier alpha value is -3.53. The fraction of sp³-hybridized carbons (Fsp3) is 0.333. The quantitative estimate of drug-likeness (QED) is 0.309. The minimum absolute atomic E-state index is 0.0416. The zero-order valence-electron chi connectivity index (χ0n) is 20.3. The maximum Gasteiger partial charge on any atom is 0.419 e. The first-order valence-corrected chi connectivity index (χ1v) is 12.2.